The van der Waals surface area contributed by atoms with E-state index in [-0.39, 0.29) is 50.6 Å². The molecule has 0 saturated carbocycles. The summed E-state index contributed by atoms with van der Waals surface area (Å²) in [6, 6.07) is 21.1. The average molecular weight is 617 g/mol. The van der Waals surface area contributed by atoms with Crippen molar-refractivity contribution in [1.82, 2.24) is 20.4 Å². The lowest BCUT2D eigenvalue weighted by atomic mass is 10.0. The fourth-order valence-electron chi connectivity index (χ4n) is 5.02. The molecule has 4 amide bonds. The van der Waals surface area contributed by atoms with Crippen molar-refractivity contribution in [1.29, 1.82) is 0 Å². The number of benzene rings is 3. The minimum absolute atomic E-state index is 0.132. The molecule has 0 unspecified atom stereocenters. The third-order valence-corrected chi connectivity index (χ3v) is 7.48. The zero-order chi connectivity index (χ0) is 32.2. The van der Waals surface area contributed by atoms with E-state index in [1.165, 1.54) is 4.90 Å². The Hall–Kier alpha value is -5.06. The molecule has 45 heavy (non-hydrogen) atoms. The molecule has 0 bridgehead atoms. The molecule has 2 N–H and O–H groups in total. The van der Waals surface area contributed by atoms with E-state index >= 15 is 0 Å². The fourth-order valence-corrected chi connectivity index (χ4v) is 5.02. The number of likely N-dealkylation sites (N-methyl/N-ethyl adjacent to an activating group) is 2. The van der Waals surface area contributed by atoms with E-state index in [1.807, 2.05) is 49.4 Å². The lowest BCUT2D eigenvalue weighted by Crippen LogP contribution is -2.54. The van der Waals surface area contributed by atoms with Crippen molar-refractivity contribution in [3.05, 3.63) is 90.0 Å². The summed E-state index contributed by atoms with van der Waals surface area (Å²) in [5.41, 5.74) is 1.08. The molecular weight excluding hydrogens is 576 g/mol. The van der Waals surface area contributed by atoms with E-state index in [2.05, 4.69) is 10.6 Å². The second kappa shape index (κ2) is 16.1. The number of amides is 4. The van der Waals surface area contributed by atoms with Gasteiger partial charge in [0.05, 0.1) is 32.2 Å². The number of carbonyl (C=O) groups excluding carboxylic acids is 4. The summed E-state index contributed by atoms with van der Waals surface area (Å²) in [4.78, 5) is 57.3. The zero-order valence-corrected chi connectivity index (χ0v) is 25.9. The molecule has 11 nitrogen and oxygen atoms in total. The molecule has 3 aromatic rings. The Balaban J connectivity index is 1.57. The van der Waals surface area contributed by atoms with Crippen molar-refractivity contribution in [2.24, 2.45) is 0 Å². The predicted octanol–water partition coefficient (Wildman–Crippen LogP) is 2.69. The van der Waals surface area contributed by atoms with Gasteiger partial charge in [0.2, 0.25) is 17.7 Å². The van der Waals surface area contributed by atoms with Crippen LogP contribution in [-0.4, -0.2) is 92.5 Å². The molecule has 1 aliphatic heterocycles. The van der Waals surface area contributed by atoms with Gasteiger partial charge in [-0.05, 0) is 36.8 Å². The van der Waals surface area contributed by atoms with Crippen LogP contribution in [0.15, 0.2) is 78.9 Å². The Labute approximate surface area is 263 Å². The van der Waals surface area contributed by atoms with E-state index in [0.29, 0.717) is 23.8 Å². The van der Waals surface area contributed by atoms with Crippen LogP contribution < -0.4 is 24.8 Å². The molecule has 0 saturated heterocycles. The maximum Gasteiger partial charge on any atom is 0.255 e. The second-order valence-corrected chi connectivity index (χ2v) is 10.6. The quantitative estimate of drug-likeness (QED) is 0.379. The van der Waals surface area contributed by atoms with Gasteiger partial charge in [-0.1, -0.05) is 54.6 Å². The van der Waals surface area contributed by atoms with Gasteiger partial charge in [0.15, 0.2) is 11.5 Å². The molecule has 0 aliphatic carbocycles. The lowest BCUT2D eigenvalue weighted by molar-refractivity contribution is -0.138. The molecule has 4 rings (SSSR count). The van der Waals surface area contributed by atoms with Crippen molar-refractivity contribution in [3.8, 4) is 17.2 Å². The van der Waals surface area contributed by atoms with Crippen LogP contribution in [0, 0.1) is 0 Å². The topological polar surface area (TPSA) is 127 Å². The summed E-state index contributed by atoms with van der Waals surface area (Å²) in [5, 5.41) is 5.57. The van der Waals surface area contributed by atoms with Crippen LogP contribution in [0.4, 0.5) is 0 Å². The Bertz CT molecular complexity index is 1470. The Morgan fingerprint density at radius 3 is 2.38 bits per heavy atom. The van der Waals surface area contributed by atoms with Crippen molar-refractivity contribution in [2.75, 3.05) is 47.0 Å². The van der Waals surface area contributed by atoms with E-state index in [0.717, 1.165) is 5.56 Å². The highest BCUT2D eigenvalue weighted by atomic mass is 16.5. The fraction of sp³-hybridized carbons (Fsp3) is 0.353. The van der Waals surface area contributed by atoms with Crippen LogP contribution >= 0.6 is 0 Å². The number of methoxy groups -OCH3 is 1. The van der Waals surface area contributed by atoms with Gasteiger partial charge in [-0.25, -0.2) is 0 Å². The number of fused-ring (bicyclic) bond motifs is 1. The minimum atomic E-state index is -1.22. The van der Waals surface area contributed by atoms with Crippen LogP contribution in [0.3, 0.4) is 0 Å². The number of hydrogen-bond acceptors (Lipinski definition) is 7. The summed E-state index contributed by atoms with van der Waals surface area (Å²) in [6.45, 7) is 2.96. The van der Waals surface area contributed by atoms with E-state index in [1.54, 1.807) is 55.5 Å². The van der Waals surface area contributed by atoms with Crippen LogP contribution in [0.1, 0.15) is 29.3 Å². The second-order valence-electron chi connectivity index (χ2n) is 10.6. The van der Waals surface area contributed by atoms with E-state index in [9.17, 15) is 19.2 Å². The highest BCUT2D eigenvalue weighted by molar-refractivity contribution is 6.01. The normalized spacial score (nSPS) is 17.6. The first-order chi connectivity index (χ1) is 21.8. The first kappa shape index (κ1) is 32.8. The number of nitrogens with one attached hydrogen (secondary N) is 2. The minimum Gasteiger partial charge on any atom is -0.493 e. The van der Waals surface area contributed by atoms with Gasteiger partial charge in [0.25, 0.3) is 5.91 Å². The van der Waals surface area contributed by atoms with Crippen molar-refractivity contribution in [3.63, 3.8) is 0 Å². The molecule has 0 fully saturated rings. The largest absolute Gasteiger partial charge is 0.493 e. The number of rotatable bonds is 9. The molecule has 0 spiro atoms. The van der Waals surface area contributed by atoms with Crippen LogP contribution in [0.5, 0.6) is 17.2 Å². The third-order valence-electron chi connectivity index (χ3n) is 7.48. The molecule has 2 atom stereocenters. The van der Waals surface area contributed by atoms with Crippen molar-refractivity contribution >= 4 is 23.6 Å². The van der Waals surface area contributed by atoms with Gasteiger partial charge in [-0.15, -0.1) is 0 Å². The maximum atomic E-state index is 13.7. The smallest absolute Gasteiger partial charge is 0.255 e. The molecule has 11 heteroatoms. The maximum absolute atomic E-state index is 13.7. The van der Waals surface area contributed by atoms with Gasteiger partial charge >= 0.3 is 0 Å². The monoisotopic (exact) mass is 616 g/mol. The van der Waals surface area contributed by atoms with E-state index < -0.39 is 29.8 Å². The number of carbonyl (C=O) groups is 4. The SMILES string of the molecule is CCN1CCOc2ccccc2C(=O)N[C@H](C(=O)N(C)CCOc2ccccc2OC)CC(=O)N[C@H](Cc2ccccc2)C1=O. The number of para-hydroxylation sites is 3. The van der Waals surface area contributed by atoms with Gasteiger partial charge in [0.1, 0.15) is 31.0 Å². The molecule has 238 valence electrons. The van der Waals surface area contributed by atoms with Crippen molar-refractivity contribution < 1.29 is 33.4 Å². The average Bonchev–Trinajstić information content (AvgIpc) is 3.05. The Morgan fingerprint density at radius 2 is 1.64 bits per heavy atom. The summed E-state index contributed by atoms with van der Waals surface area (Å²) in [6.07, 6.45) is -0.118. The van der Waals surface area contributed by atoms with Gasteiger partial charge < -0.3 is 34.6 Å². The van der Waals surface area contributed by atoms with Gasteiger partial charge in [0, 0.05) is 20.0 Å². The van der Waals surface area contributed by atoms with Crippen LogP contribution in [0.25, 0.3) is 0 Å². The summed E-state index contributed by atoms with van der Waals surface area (Å²) >= 11 is 0. The van der Waals surface area contributed by atoms with Crippen LogP contribution in [0.2, 0.25) is 0 Å². The van der Waals surface area contributed by atoms with Gasteiger partial charge in [-0.2, -0.15) is 0 Å². The Morgan fingerprint density at radius 1 is 0.956 bits per heavy atom. The Kier molecular flexibility index (Phi) is 11.8. The number of ether oxygens (including phenoxy) is 3. The van der Waals surface area contributed by atoms with Gasteiger partial charge in [-0.3, -0.25) is 19.2 Å². The summed E-state index contributed by atoms with van der Waals surface area (Å²) in [5.74, 6) is -0.460. The third kappa shape index (κ3) is 8.98. The molecule has 1 heterocycles. The number of nitrogens with zero attached hydrogens (tertiary/aromatic N) is 2. The molecular formula is C34H40N4O7. The summed E-state index contributed by atoms with van der Waals surface area (Å²) in [7, 11) is 3.11. The van der Waals surface area contributed by atoms with Crippen LogP contribution in [-0.2, 0) is 20.8 Å². The van der Waals surface area contributed by atoms with Crippen molar-refractivity contribution in [2.45, 2.75) is 31.8 Å². The lowest BCUT2D eigenvalue weighted by Gasteiger charge is -2.29. The zero-order valence-electron chi connectivity index (χ0n) is 25.9. The summed E-state index contributed by atoms with van der Waals surface area (Å²) < 4.78 is 17.1. The molecule has 1 aliphatic rings. The first-order valence-corrected chi connectivity index (χ1v) is 15.0. The first-order valence-electron chi connectivity index (χ1n) is 15.0. The highest BCUT2D eigenvalue weighted by Gasteiger charge is 2.31. The standard InChI is InChI=1S/C34H40N4O7/c1-4-38-19-21-44-28-15-9-8-14-25(28)32(40)36-27(23-31(39)35-26(34(38)42)22-24-12-6-5-7-13-24)33(41)37(2)18-20-45-30-17-11-10-16-29(30)43-3/h5-17,26-27H,4,18-23H2,1-3H3,(H,35,39)(H,36,40)/t26-,27+/m1/s1. The predicted molar refractivity (Wildman–Crippen MR) is 168 cm³/mol. The molecule has 0 radical (unpaired) electrons. The molecule has 3 aromatic carbocycles. The molecule has 0 aromatic heterocycles. The highest BCUT2D eigenvalue weighted by Crippen LogP contribution is 2.25. The number of hydrogen-bond donors (Lipinski definition) is 2. The van der Waals surface area contributed by atoms with E-state index in [4.69, 9.17) is 14.2 Å².